The predicted octanol–water partition coefficient (Wildman–Crippen LogP) is 2.59. The maximum Gasteiger partial charge on any atom is 0.243 e. The minimum atomic E-state index is -2.34. The highest BCUT2D eigenvalue weighted by atomic mass is 35.5. The van der Waals surface area contributed by atoms with E-state index in [1.165, 1.54) is 12.8 Å². The topological polar surface area (TPSA) is 121 Å². The van der Waals surface area contributed by atoms with Gasteiger partial charge in [0.25, 0.3) is 0 Å². The van der Waals surface area contributed by atoms with Crippen LogP contribution in [0.3, 0.4) is 0 Å². The minimum Gasteiger partial charge on any atom is -0.393 e. The van der Waals surface area contributed by atoms with Gasteiger partial charge in [0, 0.05) is 6.04 Å². The van der Waals surface area contributed by atoms with Crippen LogP contribution in [-0.4, -0.2) is 60.7 Å². The lowest BCUT2D eigenvalue weighted by molar-refractivity contribution is -0.0371. The fourth-order valence-corrected chi connectivity index (χ4v) is 4.59. The fraction of sp³-hybridized carbons (Fsp3) is 0.667. The molecule has 3 heterocycles. The van der Waals surface area contributed by atoms with Crippen LogP contribution in [0.2, 0.25) is 5.28 Å². The third-order valence-electron chi connectivity index (χ3n) is 5.54. The van der Waals surface area contributed by atoms with Crippen molar-refractivity contribution in [1.29, 1.82) is 0 Å². The summed E-state index contributed by atoms with van der Waals surface area (Å²) in [7, 11) is -2.34. The van der Waals surface area contributed by atoms with Gasteiger partial charge in [-0.05, 0) is 49.4 Å². The fourth-order valence-electron chi connectivity index (χ4n) is 4.06. The second-order valence-corrected chi connectivity index (χ2v) is 9.08. The summed E-state index contributed by atoms with van der Waals surface area (Å²) in [6.45, 7) is -0.250. The molecule has 29 heavy (non-hydrogen) atoms. The Balaban J connectivity index is 1.46. The van der Waals surface area contributed by atoms with Crippen molar-refractivity contribution in [2.75, 3.05) is 18.5 Å². The minimum absolute atomic E-state index is 0.172. The number of nitrogens with one attached hydrogen (secondary N) is 1. The lowest BCUT2D eigenvalue weighted by Crippen LogP contribution is -2.23. The Bertz CT molecular complexity index is 832. The van der Waals surface area contributed by atoms with Crippen molar-refractivity contribution in [3.63, 3.8) is 0 Å². The molecule has 3 atom stereocenters. The summed E-state index contributed by atoms with van der Waals surface area (Å²) in [5.74, 6) is -0.233. The van der Waals surface area contributed by atoms with Crippen molar-refractivity contribution in [3.8, 4) is 0 Å². The Kier molecular flexibility index (Phi) is 6.86. The molecular weight excluding hydrogens is 419 g/mol. The highest BCUT2D eigenvalue weighted by Gasteiger charge is 2.31. The molecule has 0 bridgehead atoms. The molecule has 1 saturated carbocycles. The van der Waals surface area contributed by atoms with Gasteiger partial charge in [0.15, 0.2) is 14.2 Å². The van der Waals surface area contributed by atoms with Gasteiger partial charge < -0.3 is 29.7 Å². The second kappa shape index (κ2) is 9.39. The summed E-state index contributed by atoms with van der Waals surface area (Å²) >= 11 is 6.19. The van der Waals surface area contributed by atoms with Gasteiger partial charge in [0.2, 0.25) is 5.28 Å². The van der Waals surface area contributed by atoms with E-state index in [1.54, 1.807) is 4.52 Å². The maximum absolute atomic E-state index is 9.22. The Hall–Kier alpha value is -1.06. The number of rotatable bonds is 8. The summed E-state index contributed by atoms with van der Waals surface area (Å²) in [4.78, 5) is 22.8. The molecule has 0 spiro atoms. The van der Waals surface area contributed by atoms with Crippen molar-refractivity contribution >= 4 is 31.3 Å². The van der Waals surface area contributed by atoms with Gasteiger partial charge in [-0.1, -0.05) is 12.8 Å². The molecule has 1 aliphatic heterocycles. The van der Waals surface area contributed by atoms with Crippen LogP contribution in [0.5, 0.6) is 0 Å². The third-order valence-corrected chi connectivity index (χ3v) is 6.52. The Morgan fingerprint density at radius 1 is 1.28 bits per heavy atom. The summed E-state index contributed by atoms with van der Waals surface area (Å²) in [6.07, 6.45) is 5.90. The molecule has 2 aliphatic rings. The van der Waals surface area contributed by atoms with E-state index in [-0.39, 0.29) is 24.1 Å². The smallest absolute Gasteiger partial charge is 0.243 e. The van der Waals surface area contributed by atoms with Crippen molar-refractivity contribution in [2.24, 2.45) is 0 Å². The molecule has 160 valence electrons. The van der Waals surface area contributed by atoms with E-state index in [0.29, 0.717) is 6.04 Å². The molecular formula is C18H26ClN4O5P. The molecule has 0 radical (unpaired) electrons. The predicted molar refractivity (Wildman–Crippen MR) is 109 cm³/mol. The van der Waals surface area contributed by atoms with E-state index in [9.17, 15) is 9.79 Å². The first-order valence-electron chi connectivity index (χ1n) is 9.91. The largest absolute Gasteiger partial charge is 0.393 e. The SMILES string of the molecule is OC[C@H](OCC1CC[C@H](c2ccc3c(NC4CCCC4)nc(Cl)nn23)O1)P(O)O. The number of nitrogens with zero attached hydrogens (tertiary/aromatic N) is 3. The number of fused-ring (bicyclic) bond motifs is 1. The zero-order valence-electron chi connectivity index (χ0n) is 15.9. The Labute approximate surface area is 174 Å². The Morgan fingerprint density at radius 3 is 2.79 bits per heavy atom. The molecule has 2 aromatic rings. The number of hydrogen-bond donors (Lipinski definition) is 4. The zero-order chi connectivity index (χ0) is 20.4. The highest BCUT2D eigenvalue weighted by Crippen LogP contribution is 2.36. The third kappa shape index (κ3) is 4.82. The number of aliphatic hydroxyl groups excluding tert-OH is 1. The van der Waals surface area contributed by atoms with E-state index in [2.05, 4.69) is 15.4 Å². The molecule has 9 nitrogen and oxygen atoms in total. The van der Waals surface area contributed by atoms with Gasteiger partial charge in [-0.25, -0.2) is 4.52 Å². The van der Waals surface area contributed by atoms with E-state index >= 15 is 0 Å². The van der Waals surface area contributed by atoms with Crippen LogP contribution in [0.15, 0.2) is 12.1 Å². The zero-order valence-corrected chi connectivity index (χ0v) is 17.6. The number of halogens is 1. The number of hydrogen-bond acceptors (Lipinski definition) is 8. The number of aliphatic hydroxyl groups is 1. The average Bonchev–Trinajstić information content (AvgIpc) is 3.42. The first-order valence-corrected chi connectivity index (χ1v) is 11.6. The standard InChI is InChI=1S/C18H26ClN4O5P/c19-18-21-17(20-11-3-1-2-4-11)14-7-6-13(23(14)22-18)15-8-5-12(28-15)10-27-16(9-24)29(25)26/h6-7,11-12,15-16,24-26H,1-5,8-10H2,(H,20,21,22)/t12?,15-,16-/m1/s1. The molecule has 1 saturated heterocycles. The normalized spacial score (nSPS) is 24.0. The van der Waals surface area contributed by atoms with Crippen LogP contribution in [0.1, 0.15) is 50.3 Å². The molecule has 1 aliphatic carbocycles. The van der Waals surface area contributed by atoms with Crippen LogP contribution in [-0.2, 0) is 9.47 Å². The van der Waals surface area contributed by atoms with E-state index in [4.69, 9.17) is 26.2 Å². The van der Waals surface area contributed by atoms with Crippen LogP contribution >= 0.6 is 20.0 Å². The number of anilines is 1. The average molecular weight is 445 g/mol. The lowest BCUT2D eigenvalue weighted by Gasteiger charge is -2.19. The number of aromatic nitrogens is 3. The maximum atomic E-state index is 9.22. The lowest BCUT2D eigenvalue weighted by atomic mass is 10.1. The summed E-state index contributed by atoms with van der Waals surface area (Å²) in [5, 5.41) is 17.2. The molecule has 1 unspecified atom stereocenters. The molecule has 2 fully saturated rings. The van der Waals surface area contributed by atoms with E-state index < -0.39 is 20.8 Å². The quantitative estimate of drug-likeness (QED) is 0.458. The van der Waals surface area contributed by atoms with Crippen molar-refractivity contribution in [3.05, 3.63) is 23.1 Å². The first-order chi connectivity index (χ1) is 14.0. The van der Waals surface area contributed by atoms with Crippen LogP contribution in [0.25, 0.3) is 5.52 Å². The van der Waals surface area contributed by atoms with Crippen LogP contribution < -0.4 is 5.32 Å². The number of ether oxygens (including phenoxy) is 2. The van der Waals surface area contributed by atoms with Crippen molar-refractivity contribution < 1.29 is 24.4 Å². The van der Waals surface area contributed by atoms with Gasteiger partial charge in [0.05, 0.1) is 25.0 Å². The van der Waals surface area contributed by atoms with Crippen molar-refractivity contribution in [2.45, 2.75) is 62.6 Å². The summed E-state index contributed by atoms with van der Waals surface area (Å²) in [5.41, 5.74) is 1.76. The van der Waals surface area contributed by atoms with Gasteiger partial charge in [-0.2, -0.15) is 4.98 Å². The van der Waals surface area contributed by atoms with Crippen LogP contribution in [0.4, 0.5) is 5.82 Å². The molecule has 0 amide bonds. The molecule has 2 aromatic heterocycles. The van der Waals surface area contributed by atoms with Gasteiger partial charge in [-0.15, -0.1) is 5.10 Å². The van der Waals surface area contributed by atoms with Crippen molar-refractivity contribution in [1.82, 2.24) is 14.6 Å². The Morgan fingerprint density at radius 2 is 2.07 bits per heavy atom. The molecule has 0 aromatic carbocycles. The van der Waals surface area contributed by atoms with E-state index in [0.717, 1.165) is 42.7 Å². The van der Waals surface area contributed by atoms with Crippen LogP contribution in [0, 0.1) is 0 Å². The second-order valence-electron chi connectivity index (χ2n) is 7.53. The summed E-state index contributed by atoms with van der Waals surface area (Å²) in [6, 6.07) is 4.36. The molecule has 4 N–H and O–H groups in total. The highest BCUT2D eigenvalue weighted by molar-refractivity contribution is 7.45. The molecule has 4 rings (SSSR count). The van der Waals surface area contributed by atoms with Gasteiger partial charge in [-0.3, -0.25) is 0 Å². The van der Waals surface area contributed by atoms with E-state index in [1.807, 2.05) is 12.1 Å². The summed E-state index contributed by atoms with van der Waals surface area (Å²) < 4.78 is 13.3. The monoisotopic (exact) mass is 444 g/mol. The van der Waals surface area contributed by atoms with Gasteiger partial charge in [0.1, 0.15) is 17.5 Å². The first kappa shape index (κ1) is 21.2. The molecule has 11 heteroatoms. The van der Waals surface area contributed by atoms with Gasteiger partial charge >= 0.3 is 0 Å².